The van der Waals surface area contributed by atoms with Gasteiger partial charge in [0.2, 0.25) is 0 Å². The van der Waals surface area contributed by atoms with Crippen LogP contribution in [0.2, 0.25) is 0 Å². The highest BCUT2D eigenvalue weighted by Crippen LogP contribution is 2.52. The van der Waals surface area contributed by atoms with E-state index in [1.807, 2.05) is 33.8 Å². The topological polar surface area (TPSA) is 55.7 Å². The summed E-state index contributed by atoms with van der Waals surface area (Å²) in [5.41, 5.74) is 0.268. The third kappa shape index (κ3) is 2.92. The molecule has 1 heterocycles. The number of benzene rings is 1. The molecule has 0 spiro atoms. The van der Waals surface area contributed by atoms with E-state index in [0.717, 1.165) is 5.04 Å². The van der Waals surface area contributed by atoms with Crippen molar-refractivity contribution >= 4 is 37.3 Å². The summed E-state index contributed by atoms with van der Waals surface area (Å²) < 4.78 is 17.1. The SMILES string of the molecule is CC(=O)Oc1ccccc1N=C1SS(=O)C(C)(C)C1(C)C. The molecule has 1 unspecified atom stereocenters. The molecular formula is C15H19NO3S2. The molecule has 1 aromatic rings. The summed E-state index contributed by atoms with van der Waals surface area (Å²) in [5, 5.41) is 0.797. The van der Waals surface area contributed by atoms with Gasteiger partial charge in [-0.15, -0.1) is 0 Å². The normalized spacial score (nSPS) is 25.0. The molecule has 6 heteroatoms. The van der Waals surface area contributed by atoms with Crippen molar-refractivity contribution in [1.29, 1.82) is 0 Å². The van der Waals surface area contributed by atoms with Gasteiger partial charge in [0.1, 0.15) is 5.69 Å². The number of ether oxygens (including phenoxy) is 1. The van der Waals surface area contributed by atoms with Crippen LogP contribution in [0.25, 0.3) is 0 Å². The molecule has 0 radical (unpaired) electrons. The number of hydrogen-bond donors (Lipinski definition) is 0. The molecule has 0 amide bonds. The van der Waals surface area contributed by atoms with E-state index in [1.165, 1.54) is 17.7 Å². The van der Waals surface area contributed by atoms with Crippen LogP contribution >= 0.6 is 10.8 Å². The van der Waals surface area contributed by atoms with Gasteiger partial charge in [-0.3, -0.25) is 4.79 Å². The van der Waals surface area contributed by atoms with Crippen LogP contribution in [0.3, 0.4) is 0 Å². The van der Waals surface area contributed by atoms with Crippen molar-refractivity contribution in [2.45, 2.75) is 39.4 Å². The summed E-state index contributed by atoms with van der Waals surface area (Å²) in [6, 6.07) is 7.11. The second-order valence-electron chi connectivity index (χ2n) is 5.93. The predicted molar refractivity (Wildman–Crippen MR) is 88.4 cm³/mol. The average molecular weight is 325 g/mol. The van der Waals surface area contributed by atoms with Crippen molar-refractivity contribution in [3.05, 3.63) is 24.3 Å². The Morgan fingerprint density at radius 3 is 2.38 bits per heavy atom. The smallest absolute Gasteiger partial charge is 0.308 e. The first-order valence-electron chi connectivity index (χ1n) is 6.63. The summed E-state index contributed by atoms with van der Waals surface area (Å²) in [6.45, 7) is 9.40. The third-order valence-electron chi connectivity index (χ3n) is 3.95. The highest BCUT2D eigenvalue weighted by Gasteiger charge is 2.53. The van der Waals surface area contributed by atoms with E-state index in [0.29, 0.717) is 11.4 Å². The maximum Gasteiger partial charge on any atom is 0.308 e. The van der Waals surface area contributed by atoms with Crippen molar-refractivity contribution in [2.24, 2.45) is 10.4 Å². The molecule has 0 aliphatic carbocycles. The maximum absolute atomic E-state index is 12.3. The summed E-state index contributed by atoms with van der Waals surface area (Å²) in [7, 11) is 0.238. The van der Waals surface area contributed by atoms with Crippen LogP contribution in [-0.2, 0) is 14.6 Å². The Bertz CT molecular complexity index is 636. The van der Waals surface area contributed by atoms with Gasteiger partial charge in [0.25, 0.3) is 0 Å². The van der Waals surface area contributed by atoms with Gasteiger partial charge in [0.15, 0.2) is 5.75 Å². The van der Waals surface area contributed by atoms with E-state index in [4.69, 9.17) is 4.74 Å². The number of hydrogen-bond acceptors (Lipinski definition) is 5. The van der Waals surface area contributed by atoms with Gasteiger partial charge in [-0.05, 0) is 36.8 Å². The number of rotatable bonds is 2. The van der Waals surface area contributed by atoms with Crippen molar-refractivity contribution in [1.82, 2.24) is 0 Å². The summed E-state index contributed by atoms with van der Waals surface area (Å²) >= 11 is 0. The highest BCUT2D eigenvalue weighted by atomic mass is 33.1. The first kappa shape index (κ1) is 16.2. The Morgan fingerprint density at radius 2 is 1.86 bits per heavy atom. The Morgan fingerprint density at radius 1 is 1.24 bits per heavy atom. The molecule has 114 valence electrons. The standard InChI is InChI=1S/C15H19NO3S2/c1-10(17)19-12-9-7-6-8-11(12)16-13-14(2,3)15(4,5)21(18)20-13/h6-9H,1-5H3. The third-order valence-corrected chi connectivity index (χ3v) is 8.38. The predicted octanol–water partition coefficient (Wildman–Crippen LogP) is 3.86. The first-order chi connectivity index (χ1) is 9.66. The van der Waals surface area contributed by atoms with E-state index in [2.05, 4.69) is 4.99 Å². The van der Waals surface area contributed by atoms with Gasteiger partial charge in [-0.25, -0.2) is 9.20 Å². The number of para-hydroxylation sites is 2. The lowest BCUT2D eigenvalue weighted by Gasteiger charge is -2.31. The maximum atomic E-state index is 12.3. The second kappa shape index (κ2) is 5.57. The molecular weight excluding hydrogens is 306 g/mol. The second-order valence-corrected chi connectivity index (χ2v) is 9.38. The summed E-state index contributed by atoms with van der Waals surface area (Å²) in [4.78, 5) is 15.8. The molecule has 0 saturated carbocycles. The van der Waals surface area contributed by atoms with Crippen molar-refractivity contribution in [2.75, 3.05) is 0 Å². The fourth-order valence-electron chi connectivity index (χ4n) is 1.80. The summed E-state index contributed by atoms with van der Waals surface area (Å²) in [5.74, 6) is 0.0364. The molecule has 2 rings (SSSR count). The number of aliphatic imine (C=N–C) groups is 1. The van der Waals surface area contributed by atoms with E-state index in [1.54, 1.807) is 18.2 Å². The van der Waals surface area contributed by atoms with Crippen LogP contribution in [0, 0.1) is 5.41 Å². The van der Waals surface area contributed by atoms with E-state index in [-0.39, 0.29) is 16.1 Å². The largest absolute Gasteiger partial charge is 0.424 e. The zero-order valence-corrected chi connectivity index (χ0v) is 14.4. The minimum absolute atomic E-state index is 0.314. The first-order valence-corrected chi connectivity index (χ1v) is 9.11. The van der Waals surface area contributed by atoms with Crippen LogP contribution < -0.4 is 4.74 Å². The van der Waals surface area contributed by atoms with Crippen LogP contribution in [0.5, 0.6) is 5.75 Å². The number of esters is 1. The molecule has 21 heavy (non-hydrogen) atoms. The quantitative estimate of drug-likeness (QED) is 0.471. The number of carbonyl (C=O) groups excluding carboxylic acids is 1. The molecule has 1 fully saturated rings. The van der Waals surface area contributed by atoms with E-state index >= 15 is 0 Å². The molecule has 1 saturated heterocycles. The molecule has 1 aliphatic rings. The van der Waals surface area contributed by atoms with Crippen LogP contribution in [0.4, 0.5) is 5.69 Å². The van der Waals surface area contributed by atoms with E-state index in [9.17, 15) is 9.00 Å². The molecule has 1 aliphatic heterocycles. The Balaban J connectivity index is 2.46. The molecule has 0 aromatic heterocycles. The average Bonchev–Trinajstić information content (AvgIpc) is 2.52. The number of carbonyl (C=O) groups is 1. The Labute approximate surface area is 131 Å². The van der Waals surface area contributed by atoms with Gasteiger partial charge in [-0.1, -0.05) is 26.0 Å². The van der Waals surface area contributed by atoms with Crippen molar-refractivity contribution < 1.29 is 13.7 Å². The lowest BCUT2D eigenvalue weighted by molar-refractivity contribution is -0.131. The zero-order chi connectivity index (χ0) is 15.8. The minimum atomic E-state index is -1.05. The van der Waals surface area contributed by atoms with Gasteiger partial charge in [0, 0.05) is 12.3 Å². The van der Waals surface area contributed by atoms with E-state index < -0.39 is 9.83 Å². The van der Waals surface area contributed by atoms with Gasteiger partial charge < -0.3 is 4.74 Å². The Kier molecular flexibility index (Phi) is 4.31. The van der Waals surface area contributed by atoms with Crippen molar-refractivity contribution in [3.8, 4) is 5.75 Å². The Hall–Kier alpha value is -1.14. The lowest BCUT2D eigenvalue weighted by atomic mass is 9.81. The molecule has 0 bridgehead atoms. The molecule has 1 aromatic carbocycles. The van der Waals surface area contributed by atoms with Gasteiger partial charge in [0.05, 0.1) is 19.6 Å². The molecule has 1 atom stereocenters. The fraction of sp³-hybridized carbons (Fsp3) is 0.467. The van der Waals surface area contributed by atoms with Crippen LogP contribution in [0.15, 0.2) is 29.3 Å². The molecule has 0 N–H and O–H groups in total. The highest BCUT2D eigenvalue weighted by molar-refractivity contribution is 8.76. The lowest BCUT2D eigenvalue weighted by Crippen LogP contribution is -2.39. The van der Waals surface area contributed by atoms with Crippen LogP contribution in [0.1, 0.15) is 34.6 Å². The van der Waals surface area contributed by atoms with Gasteiger partial charge in [-0.2, -0.15) is 0 Å². The molecule has 4 nitrogen and oxygen atoms in total. The minimum Gasteiger partial charge on any atom is -0.424 e. The zero-order valence-electron chi connectivity index (χ0n) is 12.8. The van der Waals surface area contributed by atoms with Crippen molar-refractivity contribution in [3.63, 3.8) is 0 Å². The van der Waals surface area contributed by atoms with Crippen LogP contribution in [-0.4, -0.2) is 20.0 Å². The summed E-state index contributed by atoms with van der Waals surface area (Å²) in [6.07, 6.45) is 0. The fourth-order valence-corrected chi connectivity index (χ4v) is 5.75. The van der Waals surface area contributed by atoms with Gasteiger partial charge >= 0.3 is 5.97 Å². The number of nitrogens with zero attached hydrogens (tertiary/aromatic N) is 1. The monoisotopic (exact) mass is 325 g/mol.